The van der Waals surface area contributed by atoms with Crippen molar-refractivity contribution < 1.29 is 29.6 Å². The molecule has 0 aromatic rings. The second-order valence-electron chi connectivity index (χ2n) is 1.60. The maximum absolute atomic E-state index is 4.88. The molecule has 1 atom stereocenters. The van der Waals surface area contributed by atoms with Gasteiger partial charge >= 0.3 is 29.6 Å². The second kappa shape index (κ2) is 7.35. The van der Waals surface area contributed by atoms with Crippen molar-refractivity contribution in [2.45, 2.75) is 31.9 Å². The van der Waals surface area contributed by atoms with Gasteiger partial charge in [0, 0.05) is 0 Å². The minimum atomic E-state index is 0. The summed E-state index contributed by atoms with van der Waals surface area (Å²) < 4.78 is 0. The SMILES string of the molecule is CCCC(C)[S-].[Na+]. The molecular weight excluding hydrogens is 115 g/mol. The van der Waals surface area contributed by atoms with E-state index in [-0.39, 0.29) is 29.6 Å². The van der Waals surface area contributed by atoms with Crippen molar-refractivity contribution in [3.63, 3.8) is 0 Å². The summed E-state index contributed by atoms with van der Waals surface area (Å²) in [5, 5.41) is 0.481. The summed E-state index contributed by atoms with van der Waals surface area (Å²) in [6.45, 7) is 4.22. The Labute approximate surface area is 73.8 Å². The number of hydrogen-bond acceptors (Lipinski definition) is 1. The van der Waals surface area contributed by atoms with Crippen molar-refractivity contribution >= 4 is 12.6 Å². The van der Waals surface area contributed by atoms with Crippen molar-refractivity contribution in [3.05, 3.63) is 0 Å². The van der Waals surface area contributed by atoms with Crippen LogP contribution in [0.3, 0.4) is 0 Å². The third-order valence-electron chi connectivity index (χ3n) is 0.695. The molecule has 0 aromatic carbocycles. The Morgan fingerprint density at radius 2 is 2.00 bits per heavy atom. The van der Waals surface area contributed by atoms with Gasteiger partial charge in [0.25, 0.3) is 0 Å². The first-order chi connectivity index (χ1) is 2.77. The molecule has 0 rings (SSSR count). The topological polar surface area (TPSA) is 0 Å². The summed E-state index contributed by atoms with van der Waals surface area (Å²) >= 11 is 4.88. The van der Waals surface area contributed by atoms with E-state index in [1.807, 2.05) is 0 Å². The molecule has 38 valence electrons. The monoisotopic (exact) mass is 126 g/mol. The van der Waals surface area contributed by atoms with E-state index in [0.717, 1.165) is 0 Å². The normalized spacial score (nSPS) is 12.4. The quantitative estimate of drug-likeness (QED) is 0.328. The van der Waals surface area contributed by atoms with Gasteiger partial charge in [-0.1, -0.05) is 26.7 Å². The van der Waals surface area contributed by atoms with Gasteiger partial charge in [-0.2, -0.15) is 5.25 Å². The molecule has 0 aliphatic rings. The maximum Gasteiger partial charge on any atom is 1.00 e. The first-order valence-electron chi connectivity index (χ1n) is 2.43. The Balaban J connectivity index is 0. The van der Waals surface area contributed by atoms with Gasteiger partial charge in [-0.25, -0.2) is 0 Å². The largest absolute Gasteiger partial charge is 1.00 e. The second-order valence-corrected chi connectivity index (χ2v) is 2.40. The number of rotatable bonds is 2. The van der Waals surface area contributed by atoms with E-state index in [9.17, 15) is 0 Å². The molecule has 7 heavy (non-hydrogen) atoms. The molecule has 0 spiro atoms. The van der Waals surface area contributed by atoms with Gasteiger partial charge in [-0.15, -0.1) is 0 Å². The van der Waals surface area contributed by atoms with Crippen LogP contribution in [0.2, 0.25) is 0 Å². The van der Waals surface area contributed by atoms with E-state index < -0.39 is 0 Å². The third kappa shape index (κ3) is 11.1. The Hall–Kier alpha value is 1.35. The van der Waals surface area contributed by atoms with Crippen molar-refractivity contribution in [1.29, 1.82) is 0 Å². The van der Waals surface area contributed by atoms with Crippen LogP contribution >= 0.6 is 0 Å². The first kappa shape index (κ1) is 11.2. The predicted octanol–water partition coefficient (Wildman–Crippen LogP) is -1.27. The van der Waals surface area contributed by atoms with Crippen LogP contribution in [0.25, 0.3) is 0 Å². The molecule has 0 N–H and O–H groups in total. The molecule has 0 bridgehead atoms. The van der Waals surface area contributed by atoms with E-state index in [2.05, 4.69) is 13.8 Å². The van der Waals surface area contributed by atoms with E-state index in [1.165, 1.54) is 12.8 Å². The first-order valence-corrected chi connectivity index (χ1v) is 2.90. The zero-order valence-electron chi connectivity index (χ0n) is 5.40. The molecule has 2 heteroatoms. The van der Waals surface area contributed by atoms with Crippen LogP contribution in [0.15, 0.2) is 0 Å². The Kier molecular flexibility index (Phi) is 11.7. The number of hydrogen-bond donors (Lipinski definition) is 0. The summed E-state index contributed by atoms with van der Waals surface area (Å²) in [6.07, 6.45) is 2.42. The van der Waals surface area contributed by atoms with Gasteiger partial charge in [-0.05, 0) is 0 Å². The zero-order chi connectivity index (χ0) is 4.99. The zero-order valence-corrected chi connectivity index (χ0v) is 8.22. The molecule has 0 aliphatic heterocycles. The fourth-order valence-electron chi connectivity index (χ4n) is 0.407. The third-order valence-corrected chi connectivity index (χ3v) is 0.931. The van der Waals surface area contributed by atoms with Crippen LogP contribution in [0.4, 0.5) is 0 Å². The van der Waals surface area contributed by atoms with Gasteiger partial charge in [-0.3, -0.25) is 0 Å². The van der Waals surface area contributed by atoms with Crippen LogP contribution in [0, 0.1) is 0 Å². The molecular formula is C5H11NaS. The van der Waals surface area contributed by atoms with Crippen molar-refractivity contribution in [3.8, 4) is 0 Å². The Bertz CT molecular complexity index is 29.3. The maximum atomic E-state index is 4.88. The van der Waals surface area contributed by atoms with E-state index in [0.29, 0.717) is 5.25 Å². The summed E-state index contributed by atoms with van der Waals surface area (Å²) in [4.78, 5) is 0. The van der Waals surface area contributed by atoms with Gasteiger partial charge in [0.05, 0.1) is 0 Å². The minimum Gasteiger partial charge on any atom is -0.789 e. The summed E-state index contributed by atoms with van der Waals surface area (Å²) in [5.74, 6) is 0. The Morgan fingerprint density at radius 1 is 1.57 bits per heavy atom. The summed E-state index contributed by atoms with van der Waals surface area (Å²) in [5.41, 5.74) is 0. The fourth-order valence-corrected chi connectivity index (χ4v) is 0.642. The Morgan fingerprint density at radius 3 is 2.00 bits per heavy atom. The molecule has 0 heterocycles. The van der Waals surface area contributed by atoms with Gasteiger partial charge in [0.1, 0.15) is 0 Å². The molecule has 0 aromatic heterocycles. The van der Waals surface area contributed by atoms with Crippen LogP contribution in [0.5, 0.6) is 0 Å². The summed E-state index contributed by atoms with van der Waals surface area (Å²) in [6, 6.07) is 0. The van der Waals surface area contributed by atoms with E-state index in [4.69, 9.17) is 12.6 Å². The van der Waals surface area contributed by atoms with Gasteiger partial charge in [0.2, 0.25) is 0 Å². The van der Waals surface area contributed by atoms with E-state index in [1.54, 1.807) is 0 Å². The van der Waals surface area contributed by atoms with Crippen LogP contribution < -0.4 is 29.6 Å². The molecule has 0 aliphatic carbocycles. The van der Waals surface area contributed by atoms with Crippen molar-refractivity contribution in [1.82, 2.24) is 0 Å². The smallest absolute Gasteiger partial charge is 0.789 e. The molecule has 0 saturated carbocycles. The van der Waals surface area contributed by atoms with Gasteiger partial charge in [0.15, 0.2) is 0 Å². The van der Waals surface area contributed by atoms with Crippen LogP contribution in [-0.2, 0) is 12.6 Å². The average molecular weight is 126 g/mol. The summed E-state index contributed by atoms with van der Waals surface area (Å²) in [7, 11) is 0. The predicted molar refractivity (Wildman–Crippen MR) is 31.7 cm³/mol. The van der Waals surface area contributed by atoms with Crippen molar-refractivity contribution in [2.24, 2.45) is 0 Å². The molecule has 1 unspecified atom stereocenters. The standard InChI is InChI=1S/C5H12S.Na/c1-3-4-5(2)6;/h5-6H,3-4H2,1-2H3;/q;+1/p-1. The van der Waals surface area contributed by atoms with Gasteiger partial charge < -0.3 is 12.6 Å². The van der Waals surface area contributed by atoms with Crippen LogP contribution in [0.1, 0.15) is 26.7 Å². The molecule has 0 radical (unpaired) electrons. The fraction of sp³-hybridized carbons (Fsp3) is 1.00. The minimum absolute atomic E-state index is 0. The molecule has 0 fully saturated rings. The molecule has 0 nitrogen and oxygen atoms in total. The van der Waals surface area contributed by atoms with Crippen molar-refractivity contribution in [2.75, 3.05) is 0 Å². The molecule has 0 saturated heterocycles. The van der Waals surface area contributed by atoms with E-state index >= 15 is 0 Å². The average Bonchev–Trinajstić information content (AvgIpc) is 1.35. The van der Waals surface area contributed by atoms with Crippen LogP contribution in [-0.4, -0.2) is 5.25 Å². The molecule has 0 amide bonds.